The molecular formula is C30H28BClN4O5S. The van der Waals surface area contributed by atoms with Gasteiger partial charge in [0.1, 0.15) is 11.2 Å². The minimum Gasteiger partial charge on any atom is -0.399 e. The zero-order valence-electron chi connectivity index (χ0n) is 23.7. The van der Waals surface area contributed by atoms with E-state index >= 15 is 0 Å². The normalized spacial score (nSPS) is 16.3. The van der Waals surface area contributed by atoms with Crippen LogP contribution in [-0.4, -0.2) is 52.3 Å². The first-order valence-corrected chi connectivity index (χ1v) is 15.6. The first-order chi connectivity index (χ1) is 19.8. The minimum absolute atomic E-state index is 0.103. The van der Waals surface area contributed by atoms with Crippen LogP contribution in [0.1, 0.15) is 27.7 Å². The highest BCUT2D eigenvalue weighted by molar-refractivity contribution is 7.90. The van der Waals surface area contributed by atoms with Gasteiger partial charge in [0.2, 0.25) is 0 Å². The fourth-order valence-corrected chi connectivity index (χ4v) is 5.74. The average molecular weight is 603 g/mol. The predicted octanol–water partition coefficient (Wildman–Crippen LogP) is 4.59. The van der Waals surface area contributed by atoms with Crippen LogP contribution < -0.4 is 11.0 Å². The number of para-hydroxylation sites is 1. The maximum Gasteiger partial charge on any atom is 0.494 e. The smallest absolute Gasteiger partial charge is 0.399 e. The number of hydrogen-bond donors (Lipinski definition) is 0. The van der Waals surface area contributed by atoms with Crippen molar-refractivity contribution < 1.29 is 17.7 Å². The van der Waals surface area contributed by atoms with E-state index < -0.39 is 33.7 Å². The minimum atomic E-state index is -3.89. The number of aromatic nitrogens is 4. The molecule has 0 unspecified atom stereocenters. The average Bonchev–Trinajstić information content (AvgIpc) is 3.44. The molecule has 0 saturated carbocycles. The van der Waals surface area contributed by atoms with E-state index in [2.05, 4.69) is 5.10 Å². The number of rotatable bonds is 5. The van der Waals surface area contributed by atoms with Gasteiger partial charge < -0.3 is 9.31 Å². The molecule has 0 amide bonds. The zero-order chi connectivity index (χ0) is 30.0. The molecule has 214 valence electrons. The molecule has 0 radical (unpaired) electrons. The first-order valence-electron chi connectivity index (χ1n) is 13.3. The van der Waals surface area contributed by atoms with Gasteiger partial charge in [-0.3, -0.25) is 9.36 Å². The van der Waals surface area contributed by atoms with Crippen LogP contribution in [0.15, 0.2) is 88.7 Å². The largest absolute Gasteiger partial charge is 0.494 e. The van der Waals surface area contributed by atoms with Gasteiger partial charge in [-0.1, -0.05) is 54.1 Å². The van der Waals surface area contributed by atoms with Gasteiger partial charge in [-0.05, 0) is 69.6 Å². The molecule has 1 saturated heterocycles. The van der Waals surface area contributed by atoms with Crippen molar-refractivity contribution in [1.29, 1.82) is 0 Å². The van der Waals surface area contributed by atoms with Crippen molar-refractivity contribution >= 4 is 45.1 Å². The summed E-state index contributed by atoms with van der Waals surface area (Å²) in [5.41, 5.74) is 1.03. The molecule has 1 aliphatic heterocycles. The van der Waals surface area contributed by atoms with Crippen LogP contribution >= 0.6 is 11.6 Å². The molecule has 0 aliphatic carbocycles. The van der Waals surface area contributed by atoms with Crippen molar-refractivity contribution in [1.82, 2.24) is 19.3 Å². The lowest BCUT2D eigenvalue weighted by molar-refractivity contribution is 0.00578. The Hall–Kier alpha value is -3.77. The molecule has 6 rings (SSSR count). The van der Waals surface area contributed by atoms with Gasteiger partial charge >= 0.3 is 7.12 Å². The molecule has 12 heteroatoms. The van der Waals surface area contributed by atoms with Crippen LogP contribution in [0, 0.1) is 0 Å². The van der Waals surface area contributed by atoms with Crippen LogP contribution in [0.25, 0.3) is 33.8 Å². The van der Waals surface area contributed by atoms with E-state index in [0.29, 0.717) is 27.8 Å². The van der Waals surface area contributed by atoms with Crippen LogP contribution in [0.4, 0.5) is 0 Å². The fraction of sp³-hybridized carbons (Fsp3) is 0.233. The van der Waals surface area contributed by atoms with Crippen molar-refractivity contribution in [2.24, 2.45) is 0 Å². The highest BCUT2D eigenvalue weighted by Crippen LogP contribution is 2.36. The molecule has 3 heterocycles. The van der Waals surface area contributed by atoms with Gasteiger partial charge in [-0.2, -0.15) is 5.10 Å². The second-order valence-corrected chi connectivity index (χ2v) is 13.7. The van der Waals surface area contributed by atoms with Crippen LogP contribution in [0.5, 0.6) is 0 Å². The highest BCUT2D eigenvalue weighted by Gasteiger charge is 2.51. The van der Waals surface area contributed by atoms with Gasteiger partial charge in [0, 0.05) is 16.8 Å². The summed E-state index contributed by atoms with van der Waals surface area (Å²) in [5, 5.41) is 4.41. The van der Waals surface area contributed by atoms with Crippen molar-refractivity contribution in [3.8, 4) is 22.8 Å². The Morgan fingerprint density at radius 3 is 2.00 bits per heavy atom. The molecule has 0 spiro atoms. The number of benzene rings is 3. The first kappa shape index (κ1) is 28.4. The molecular weight excluding hydrogens is 575 g/mol. The number of halogens is 1. The standard InChI is InChI=1S/C30H28BClN4O5S/c1-29(2)30(3,4)41-31(40-29)20-13-11-19(12-14-20)25-33-26-24(28(37)35(25)22-17-15-21(32)16-18-22)27(42(5,38)39)34-36(26)23-9-7-6-8-10-23/h6-18H,1-5H3. The number of fused-ring (bicyclic) bond motifs is 1. The fourth-order valence-electron chi connectivity index (χ4n) is 4.84. The number of sulfone groups is 1. The summed E-state index contributed by atoms with van der Waals surface area (Å²) in [7, 11) is -4.45. The number of hydrogen-bond acceptors (Lipinski definition) is 7. The second kappa shape index (κ2) is 9.91. The summed E-state index contributed by atoms with van der Waals surface area (Å²) in [6.45, 7) is 7.97. The molecule has 0 atom stereocenters. The zero-order valence-corrected chi connectivity index (χ0v) is 25.3. The van der Waals surface area contributed by atoms with E-state index in [0.717, 1.165) is 11.7 Å². The van der Waals surface area contributed by atoms with Gasteiger partial charge in [-0.25, -0.2) is 18.1 Å². The lowest BCUT2D eigenvalue weighted by Gasteiger charge is -2.32. The van der Waals surface area contributed by atoms with Crippen molar-refractivity contribution in [2.75, 3.05) is 6.26 Å². The third-order valence-electron chi connectivity index (χ3n) is 7.80. The van der Waals surface area contributed by atoms with Crippen molar-refractivity contribution in [3.05, 3.63) is 94.2 Å². The lowest BCUT2D eigenvalue weighted by atomic mass is 9.79. The van der Waals surface area contributed by atoms with Crippen molar-refractivity contribution in [3.63, 3.8) is 0 Å². The summed E-state index contributed by atoms with van der Waals surface area (Å²) >= 11 is 6.15. The summed E-state index contributed by atoms with van der Waals surface area (Å²) < 4.78 is 40.9. The monoisotopic (exact) mass is 602 g/mol. The molecule has 2 aromatic heterocycles. The summed E-state index contributed by atoms with van der Waals surface area (Å²) in [5.74, 6) is 0.299. The Morgan fingerprint density at radius 2 is 1.43 bits per heavy atom. The number of nitrogens with zero attached hydrogens (tertiary/aromatic N) is 4. The van der Waals surface area contributed by atoms with E-state index in [1.165, 1.54) is 9.25 Å². The maximum absolute atomic E-state index is 14.3. The van der Waals surface area contributed by atoms with E-state index in [1.807, 2.05) is 58.0 Å². The van der Waals surface area contributed by atoms with Gasteiger partial charge in [-0.15, -0.1) is 0 Å². The lowest BCUT2D eigenvalue weighted by Crippen LogP contribution is -2.41. The third kappa shape index (κ3) is 4.76. The van der Waals surface area contributed by atoms with Gasteiger partial charge in [0.15, 0.2) is 20.5 Å². The second-order valence-electron chi connectivity index (χ2n) is 11.3. The summed E-state index contributed by atoms with van der Waals surface area (Å²) in [4.78, 5) is 19.2. The van der Waals surface area contributed by atoms with Gasteiger partial charge in [0.05, 0.1) is 22.6 Å². The molecule has 0 bridgehead atoms. The van der Waals surface area contributed by atoms with Crippen LogP contribution in [0.2, 0.25) is 5.02 Å². The molecule has 42 heavy (non-hydrogen) atoms. The Labute approximate surface area is 248 Å². The summed E-state index contributed by atoms with van der Waals surface area (Å²) in [6, 6.07) is 23.1. The molecule has 5 aromatic rings. The van der Waals surface area contributed by atoms with Crippen LogP contribution in [0.3, 0.4) is 0 Å². The van der Waals surface area contributed by atoms with Gasteiger partial charge in [0.25, 0.3) is 5.56 Å². The maximum atomic E-state index is 14.3. The Bertz CT molecular complexity index is 1970. The Kier molecular flexibility index (Phi) is 6.69. The molecule has 3 aromatic carbocycles. The van der Waals surface area contributed by atoms with E-state index in [9.17, 15) is 13.2 Å². The molecule has 9 nitrogen and oxygen atoms in total. The molecule has 0 N–H and O–H groups in total. The Morgan fingerprint density at radius 1 is 0.833 bits per heavy atom. The SMILES string of the molecule is CC1(C)OB(c2ccc(-c3nc4c(c(S(C)(=O)=O)nn4-c4ccccc4)c(=O)n3-c3ccc(Cl)cc3)cc2)OC1(C)C. The van der Waals surface area contributed by atoms with E-state index in [1.54, 1.807) is 48.5 Å². The van der Waals surface area contributed by atoms with Crippen molar-refractivity contribution in [2.45, 2.75) is 43.9 Å². The Balaban J connectivity index is 1.60. The quantitative estimate of drug-likeness (QED) is 0.271. The third-order valence-corrected chi connectivity index (χ3v) is 9.04. The van der Waals surface area contributed by atoms with Crippen LogP contribution in [-0.2, 0) is 19.1 Å². The summed E-state index contributed by atoms with van der Waals surface area (Å²) in [6.07, 6.45) is 1.03. The molecule has 1 fully saturated rings. The van der Waals surface area contributed by atoms with E-state index in [-0.39, 0.29) is 16.1 Å². The predicted molar refractivity (Wildman–Crippen MR) is 164 cm³/mol. The topological polar surface area (TPSA) is 105 Å². The molecule has 1 aliphatic rings. The highest BCUT2D eigenvalue weighted by atomic mass is 35.5. The van der Waals surface area contributed by atoms with E-state index in [4.69, 9.17) is 25.9 Å².